The van der Waals surface area contributed by atoms with E-state index >= 15 is 0 Å². The first-order valence-corrected chi connectivity index (χ1v) is 8.91. The number of phenolic OH excluding ortho intramolecular Hbond substituents is 1. The summed E-state index contributed by atoms with van der Waals surface area (Å²) < 4.78 is 6.46. The summed E-state index contributed by atoms with van der Waals surface area (Å²) in [7, 11) is 0. The van der Waals surface area contributed by atoms with Gasteiger partial charge in [0.05, 0.1) is 11.1 Å². The van der Waals surface area contributed by atoms with Gasteiger partial charge in [0.2, 0.25) is 5.89 Å². The number of nitrogens with zero attached hydrogens (tertiary/aromatic N) is 2. The minimum absolute atomic E-state index is 0.0143. The third-order valence-electron chi connectivity index (χ3n) is 3.99. The first-order chi connectivity index (χ1) is 13.0. The summed E-state index contributed by atoms with van der Waals surface area (Å²) in [6.45, 7) is 1.97. The quantitative estimate of drug-likeness (QED) is 0.456. The van der Waals surface area contributed by atoms with Crippen LogP contribution < -0.4 is 5.32 Å². The molecule has 27 heavy (non-hydrogen) atoms. The number of fused-ring (bicyclic) bond motifs is 1. The molecule has 1 amide bonds. The standard InChI is InChI=1S/C20H14BrN3O3/c1-11-2-5-18-16(6-11)24-20(27-18)15-8-14(3-4-17(15)25)23-19(26)12-7-13(21)10-22-9-12/h2-10,25H,1H3,(H,23,26). The van der Waals surface area contributed by atoms with Crippen LogP contribution in [-0.2, 0) is 0 Å². The lowest BCUT2D eigenvalue weighted by Gasteiger charge is -2.08. The van der Waals surface area contributed by atoms with Gasteiger partial charge in [-0.2, -0.15) is 0 Å². The summed E-state index contributed by atoms with van der Waals surface area (Å²) in [5, 5.41) is 13.0. The van der Waals surface area contributed by atoms with Gasteiger partial charge in [0.25, 0.3) is 5.91 Å². The number of oxazole rings is 1. The monoisotopic (exact) mass is 423 g/mol. The molecule has 0 atom stereocenters. The fourth-order valence-electron chi connectivity index (χ4n) is 2.68. The van der Waals surface area contributed by atoms with Crippen LogP contribution >= 0.6 is 15.9 Å². The normalized spacial score (nSPS) is 10.9. The van der Waals surface area contributed by atoms with Gasteiger partial charge in [0.15, 0.2) is 5.58 Å². The summed E-state index contributed by atoms with van der Waals surface area (Å²) >= 11 is 3.29. The van der Waals surface area contributed by atoms with E-state index in [1.807, 2.05) is 25.1 Å². The predicted octanol–water partition coefficient (Wildman–Crippen LogP) is 4.92. The molecule has 2 N–H and O–H groups in total. The number of aromatic nitrogens is 2. The van der Waals surface area contributed by atoms with E-state index in [1.165, 1.54) is 12.3 Å². The van der Waals surface area contributed by atoms with Crippen LogP contribution in [0.3, 0.4) is 0 Å². The Kier molecular flexibility index (Phi) is 4.37. The summed E-state index contributed by atoms with van der Waals surface area (Å²) in [4.78, 5) is 20.8. The molecule has 0 bridgehead atoms. The Bertz CT molecular complexity index is 1170. The molecule has 4 aromatic rings. The van der Waals surface area contributed by atoms with Gasteiger partial charge in [-0.1, -0.05) is 6.07 Å². The van der Waals surface area contributed by atoms with Crippen molar-refractivity contribution in [1.29, 1.82) is 0 Å². The number of amides is 1. The number of carbonyl (C=O) groups excluding carboxylic acids is 1. The third kappa shape index (κ3) is 3.54. The predicted molar refractivity (Wildman–Crippen MR) is 106 cm³/mol. The molecule has 7 heteroatoms. The first kappa shape index (κ1) is 17.2. The number of hydrogen-bond donors (Lipinski definition) is 2. The Hall–Kier alpha value is -3.19. The van der Waals surface area contributed by atoms with Gasteiger partial charge in [-0.25, -0.2) is 4.98 Å². The van der Waals surface area contributed by atoms with Gasteiger partial charge in [-0.3, -0.25) is 9.78 Å². The lowest BCUT2D eigenvalue weighted by atomic mass is 10.1. The van der Waals surface area contributed by atoms with Crippen molar-refractivity contribution >= 4 is 38.6 Å². The van der Waals surface area contributed by atoms with Crippen LogP contribution in [0.5, 0.6) is 5.75 Å². The molecule has 6 nitrogen and oxygen atoms in total. The fourth-order valence-corrected chi connectivity index (χ4v) is 3.04. The van der Waals surface area contributed by atoms with E-state index in [-0.39, 0.29) is 17.5 Å². The number of halogens is 1. The van der Waals surface area contributed by atoms with E-state index in [9.17, 15) is 9.90 Å². The van der Waals surface area contributed by atoms with E-state index in [4.69, 9.17) is 4.42 Å². The highest BCUT2D eigenvalue weighted by atomic mass is 79.9. The van der Waals surface area contributed by atoms with Crippen LogP contribution in [0.15, 0.2) is 63.7 Å². The topological polar surface area (TPSA) is 88.2 Å². The Morgan fingerprint density at radius 3 is 2.81 bits per heavy atom. The number of aromatic hydroxyl groups is 1. The zero-order chi connectivity index (χ0) is 19.0. The second kappa shape index (κ2) is 6.85. The summed E-state index contributed by atoms with van der Waals surface area (Å²) in [6, 6.07) is 12.1. The molecule has 0 aliphatic rings. The number of nitrogens with one attached hydrogen (secondary N) is 1. The Labute approximate surface area is 163 Å². The molecule has 0 aliphatic heterocycles. The highest BCUT2D eigenvalue weighted by Crippen LogP contribution is 2.33. The van der Waals surface area contributed by atoms with Crippen LogP contribution in [0.25, 0.3) is 22.6 Å². The smallest absolute Gasteiger partial charge is 0.257 e. The second-order valence-electron chi connectivity index (χ2n) is 6.07. The number of anilines is 1. The first-order valence-electron chi connectivity index (χ1n) is 8.12. The van der Waals surface area contributed by atoms with Crippen LogP contribution in [0.4, 0.5) is 5.69 Å². The average Bonchev–Trinajstić information content (AvgIpc) is 3.06. The molecule has 0 unspecified atom stereocenters. The van der Waals surface area contributed by atoms with Gasteiger partial charge in [0.1, 0.15) is 11.3 Å². The van der Waals surface area contributed by atoms with Crippen LogP contribution in [0, 0.1) is 6.92 Å². The molecule has 0 radical (unpaired) electrons. The van der Waals surface area contributed by atoms with Gasteiger partial charge >= 0.3 is 0 Å². The number of phenols is 1. The van der Waals surface area contributed by atoms with Crippen molar-refractivity contribution in [3.8, 4) is 17.2 Å². The van der Waals surface area contributed by atoms with Crippen molar-refractivity contribution in [3.63, 3.8) is 0 Å². The van der Waals surface area contributed by atoms with Gasteiger partial charge in [0, 0.05) is 22.6 Å². The zero-order valence-electron chi connectivity index (χ0n) is 14.2. The zero-order valence-corrected chi connectivity index (χ0v) is 15.8. The molecular weight excluding hydrogens is 410 g/mol. The highest BCUT2D eigenvalue weighted by Gasteiger charge is 2.15. The highest BCUT2D eigenvalue weighted by molar-refractivity contribution is 9.10. The van der Waals surface area contributed by atoms with Crippen molar-refractivity contribution in [3.05, 3.63) is 70.5 Å². The van der Waals surface area contributed by atoms with Crippen LogP contribution in [-0.4, -0.2) is 21.0 Å². The summed E-state index contributed by atoms with van der Waals surface area (Å²) in [5.41, 5.74) is 3.72. The molecule has 2 aromatic carbocycles. The second-order valence-corrected chi connectivity index (χ2v) is 6.98. The maximum absolute atomic E-state index is 12.4. The lowest BCUT2D eigenvalue weighted by molar-refractivity contribution is 0.102. The lowest BCUT2D eigenvalue weighted by Crippen LogP contribution is -2.12. The fraction of sp³-hybridized carbons (Fsp3) is 0.0500. The molecule has 134 valence electrons. The van der Waals surface area contributed by atoms with E-state index in [0.717, 1.165) is 5.56 Å². The molecule has 4 rings (SSSR count). The number of carbonyl (C=O) groups is 1. The third-order valence-corrected chi connectivity index (χ3v) is 4.43. The molecule has 0 saturated carbocycles. The number of pyridine rings is 1. The summed E-state index contributed by atoms with van der Waals surface area (Å²) in [6.07, 6.45) is 3.08. The van der Waals surface area contributed by atoms with E-state index in [2.05, 4.69) is 31.2 Å². The van der Waals surface area contributed by atoms with E-state index in [0.29, 0.717) is 32.4 Å². The van der Waals surface area contributed by atoms with Crippen LogP contribution in [0.2, 0.25) is 0 Å². The maximum atomic E-state index is 12.4. The number of hydrogen-bond acceptors (Lipinski definition) is 5. The molecule has 0 saturated heterocycles. The van der Waals surface area contributed by atoms with E-state index < -0.39 is 0 Å². The van der Waals surface area contributed by atoms with Gasteiger partial charge < -0.3 is 14.8 Å². The molecular formula is C20H14BrN3O3. The molecule has 2 heterocycles. The SMILES string of the molecule is Cc1ccc2oc(-c3cc(NC(=O)c4cncc(Br)c4)ccc3O)nc2c1. The number of benzene rings is 2. The molecule has 0 spiro atoms. The Morgan fingerprint density at radius 2 is 2.00 bits per heavy atom. The summed E-state index contributed by atoms with van der Waals surface area (Å²) in [5.74, 6) is -0.0117. The van der Waals surface area contributed by atoms with Crippen LogP contribution in [0.1, 0.15) is 15.9 Å². The average molecular weight is 424 g/mol. The maximum Gasteiger partial charge on any atom is 0.257 e. The number of rotatable bonds is 3. The van der Waals surface area contributed by atoms with Crippen molar-refractivity contribution in [2.24, 2.45) is 0 Å². The minimum Gasteiger partial charge on any atom is -0.507 e. The Balaban J connectivity index is 1.67. The minimum atomic E-state index is -0.311. The number of aryl methyl sites for hydroxylation is 1. The molecule has 0 aliphatic carbocycles. The van der Waals surface area contributed by atoms with Crippen molar-refractivity contribution in [2.75, 3.05) is 5.32 Å². The van der Waals surface area contributed by atoms with E-state index in [1.54, 1.807) is 24.4 Å². The van der Waals surface area contributed by atoms with Gasteiger partial charge in [-0.05, 0) is 64.8 Å². The van der Waals surface area contributed by atoms with Crippen molar-refractivity contribution in [2.45, 2.75) is 6.92 Å². The Morgan fingerprint density at radius 1 is 1.15 bits per heavy atom. The molecule has 2 aromatic heterocycles. The molecule has 0 fully saturated rings. The largest absolute Gasteiger partial charge is 0.507 e. The van der Waals surface area contributed by atoms with Crippen molar-refractivity contribution in [1.82, 2.24) is 9.97 Å². The van der Waals surface area contributed by atoms with Crippen molar-refractivity contribution < 1.29 is 14.3 Å². The van der Waals surface area contributed by atoms with Gasteiger partial charge in [-0.15, -0.1) is 0 Å².